The Morgan fingerprint density at radius 3 is 2.33 bits per heavy atom. The summed E-state index contributed by atoms with van der Waals surface area (Å²) >= 11 is 0. The number of anilines is 1. The van der Waals surface area contributed by atoms with Crippen LogP contribution in [0.15, 0.2) is 47.1 Å². The molecule has 8 heteroatoms. The van der Waals surface area contributed by atoms with Gasteiger partial charge in [-0.05, 0) is 36.4 Å². The second kappa shape index (κ2) is 7.93. The minimum Gasteiger partial charge on any atom is -0.480 e. The molecule has 0 bridgehead atoms. The summed E-state index contributed by atoms with van der Waals surface area (Å²) in [6.07, 6.45) is 1.19. The SMILES string of the molecule is O=C(C[C@H](NCc1ccco1)C(=O)O)Nc1ccc(C(=O)O)cc1. The Morgan fingerprint density at radius 1 is 1.08 bits per heavy atom. The van der Waals surface area contributed by atoms with E-state index in [9.17, 15) is 19.5 Å². The second-order valence-electron chi connectivity index (χ2n) is 4.99. The van der Waals surface area contributed by atoms with Crippen LogP contribution in [0, 0.1) is 0 Å². The van der Waals surface area contributed by atoms with Gasteiger partial charge in [-0.3, -0.25) is 14.9 Å². The molecule has 0 radical (unpaired) electrons. The van der Waals surface area contributed by atoms with Gasteiger partial charge in [-0.15, -0.1) is 0 Å². The Balaban J connectivity index is 1.90. The number of aliphatic carboxylic acids is 1. The van der Waals surface area contributed by atoms with E-state index in [2.05, 4.69) is 10.6 Å². The molecule has 1 atom stereocenters. The summed E-state index contributed by atoms with van der Waals surface area (Å²) in [5, 5.41) is 23.2. The molecule has 0 aliphatic heterocycles. The van der Waals surface area contributed by atoms with Gasteiger partial charge in [-0.1, -0.05) is 0 Å². The van der Waals surface area contributed by atoms with E-state index < -0.39 is 23.9 Å². The Kier molecular flexibility index (Phi) is 5.69. The Morgan fingerprint density at radius 2 is 1.79 bits per heavy atom. The Bertz CT molecular complexity index is 709. The van der Waals surface area contributed by atoms with Gasteiger partial charge in [-0.2, -0.15) is 0 Å². The average molecular weight is 332 g/mol. The standard InChI is InChI=1S/C16H16N2O6/c19-14(18-11-5-3-10(4-6-11)15(20)21)8-13(16(22)23)17-9-12-2-1-7-24-12/h1-7,13,17H,8-9H2,(H,18,19)(H,20,21)(H,22,23)/t13-/m0/s1. The third kappa shape index (κ3) is 4.96. The number of carbonyl (C=O) groups excluding carboxylic acids is 1. The largest absolute Gasteiger partial charge is 0.480 e. The van der Waals surface area contributed by atoms with Crippen molar-refractivity contribution in [1.29, 1.82) is 0 Å². The predicted molar refractivity (Wildman–Crippen MR) is 83.6 cm³/mol. The fourth-order valence-electron chi connectivity index (χ4n) is 1.98. The molecule has 24 heavy (non-hydrogen) atoms. The molecule has 1 aromatic carbocycles. The number of nitrogens with one attached hydrogen (secondary N) is 2. The molecule has 2 rings (SSSR count). The van der Waals surface area contributed by atoms with Crippen molar-refractivity contribution in [3.05, 3.63) is 54.0 Å². The summed E-state index contributed by atoms with van der Waals surface area (Å²) in [4.78, 5) is 33.9. The predicted octanol–water partition coefficient (Wildman–Crippen LogP) is 1.55. The number of furan rings is 1. The smallest absolute Gasteiger partial charge is 0.335 e. The fourth-order valence-corrected chi connectivity index (χ4v) is 1.98. The number of amides is 1. The molecule has 1 aromatic heterocycles. The average Bonchev–Trinajstić information content (AvgIpc) is 3.05. The summed E-state index contributed by atoms with van der Waals surface area (Å²) in [5.41, 5.74) is 0.483. The first kappa shape index (κ1) is 17.2. The minimum absolute atomic E-state index is 0.0940. The van der Waals surface area contributed by atoms with Crippen LogP contribution >= 0.6 is 0 Å². The highest BCUT2D eigenvalue weighted by atomic mass is 16.4. The van der Waals surface area contributed by atoms with E-state index >= 15 is 0 Å². The third-order valence-electron chi connectivity index (χ3n) is 3.21. The van der Waals surface area contributed by atoms with Crippen molar-refractivity contribution < 1.29 is 29.0 Å². The molecule has 0 saturated carbocycles. The summed E-state index contributed by atoms with van der Waals surface area (Å²) in [6.45, 7) is 0.185. The lowest BCUT2D eigenvalue weighted by molar-refractivity contribution is -0.141. The quantitative estimate of drug-likeness (QED) is 0.577. The van der Waals surface area contributed by atoms with Gasteiger partial charge in [0.15, 0.2) is 0 Å². The van der Waals surface area contributed by atoms with Gasteiger partial charge >= 0.3 is 11.9 Å². The van der Waals surface area contributed by atoms with Crippen LogP contribution in [0.2, 0.25) is 0 Å². The van der Waals surface area contributed by atoms with E-state index in [1.807, 2.05) is 0 Å². The van der Waals surface area contributed by atoms with E-state index in [1.54, 1.807) is 12.1 Å². The topological polar surface area (TPSA) is 129 Å². The first-order valence-corrected chi connectivity index (χ1v) is 7.07. The number of carbonyl (C=O) groups is 3. The molecule has 0 unspecified atom stereocenters. The molecule has 0 aliphatic rings. The van der Waals surface area contributed by atoms with Gasteiger partial charge in [-0.25, -0.2) is 4.79 Å². The number of carboxylic acid groups (broad SMARTS) is 2. The van der Waals surface area contributed by atoms with Crippen LogP contribution in [0.3, 0.4) is 0 Å². The van der Waals surface area contributed by atoms with Crippen molar-refractivity contribution in [3.8, 4) is 0 Å². The van der Waals surface area contributed by atoms with Gasteiger partial charge in [0.2, 0.25) is 5.91 Å². The fraction of sp³-hybridized carbons (Fsp3) is 0.188. The van der Waals surface area contributed by atoms with Crippen LogP contribution in [0.25, 0.3) is 0 Å². The zero-order chi connectivity index (χ0) is 17.5. The van der Waals surface area contributed by atoms with Crippen molar-refractivity contribution in [2.45, 2.75) is 19.0 Å². The lowest BCUT2D eigenvalue weighted by Crippen LogP contribution is -2.39. The van der Waals surface area contributed by atoms with Crippen LogP contribution in [0.4, 0.5) is 5.69 Å². The molecule has 4 N–H and O–H groups in total. The van der Waals surface area contributed by atoms with Gasteiger partial charge in [0.25, 0.3) is 0 Å². The number of aromatic carboxylic acids is 1. The van der Waals surface area contributed by atoms with Crippen LogP contribution < -0.4 is 10.6 Å². The molecule has 0 saturated heterocycles. The molecule has 1 amide bonds. The van der Waals surface area contributed by atoms with Crippen molar-refractivity contribution in [3.63, 3.8) is 0 Å². The number of benzene rings is 1. The number of rotatable bonds is 8. The maximum atomic E-state index is 12.0. The highest BCUT2D eigenvalue weighted by Crippen LogP contribution is 2.10. The van der Waals surface area contributed by atoms with E-state index in [1.165, 1.54) is 30.5 Å². The van der Waals surface area contributed by atoms with Gasteiger partial charge in [0, 0.05) is 5.69 Å². The molecular weight excluding hydrogens is 316 g/mol. The molecular formula is C16H16N2O6. The van der Waals surface area contributed by atoms with Crippen LogP contribution in [0.5, 0.6) is 0 Å². The van der Waals surface area contributed by atoms with E-state index in [0.29, 0.717) is 11.4 Å². The van der Waals surface area contributed by atoms with Gasteiger partial charge in [0.1, 0.15) is 11.8 Å². The normalized spacial score (nSPS) is 11.7. The van der Waals surface area contributed by atoms with Crippen molar-refractivity contribution in [2.24, 2.45) is 0 Å². The zero-order valence-corrected chi connectivity index (χ0v) is 12.6. The number of hydrogen-bond acceptors (Lipinski definition) is 5. The van der Waals surface area contributed by atoms with Crippen LogP contribution in [-0.2, 0) is 16.1 Å². The van der Waals surface area contributed by atoms with Crippen molar-refractivity contribution in [1.82, 2.24) is 5.32 Å². The Hall–Kier alpha value is -3.13. The summed E-state index contributed by atoms with van der Waals surface area (Å²) < 4.78 is 5.09. The van der Waals surface area contributed by atoms with Crippen molar-refractivity contribution >= 4 is 23.5 Å². The van der Waals surface area contributed by atoms with Crippen LogP contribution in [0.1, 0.15) is 22.5 Å². The highest BCUT2D eigenvalue weighted by Gasteiger charge is 2.21. The molecule has 0 aliphatic carbocycles. The number of carboxylic acids is 2. The van der Waals surface area contributed by atoms with Gasteiger partial charge < -0.3 is 19.9 Å². The summed E-state index contributed by atoms with van der Waals surface area (Å²) in [7, 11) is 0. The molecule has 0 fully saturated rings. The third-order valence-corrected chi connectivity index (χ3v) is 3.21. The van der Waals surface area contributed by atoms with E-state index in [0.717, 1.165) is 0 Å². The molecule has 126 valence electrons. The second-order valence-corrected chi connectivity index (χ2v) is 4.99. The Labute approximate surface area is 137 Å². The summed E-state index contributed by atoms with van der Waals surface area (Å²) in [5.74, 6) is -2.16. The van der Waals surface area contributed by atoms with E-state index in [4.69, 9.17) is 9.52 Å². The molecule has 1 heterocycles. The molecule has 2 aromatic rings. The lowest BCUT2D eigenvalue weighted by Gasteiger charge is -2.13. The monoisotopic (exact) mass is 332 g/mol. The summed E-state index contributed by atoms with van der Waals surface area (Å²) in [6, 6.07) is 7.87. The maximum Gasteiger partial charge on any atom is 0.335 e. The molecule has 8 nitrogen and oxygen atoms in total. The minimum atomic E-state index is -1.15. The first-order chi connectivity index (χ1) is 11.5. The maximum absolute atomic E-state index is 12.0. The van der Waals surface area contributed by atoms with Gasteiger partial charge in [0.05, 0.1) is 24.8 Å². The van der Waals surface area contributed by atoms with Crippen LogP contribution in [-0.4, -0.2) is 34.1 Å². The van der Waals surface area contributed by atoms with Crippen molar-refractivity contribution in [2.75, 3.05) is 5.32 Å². The number of hydrogen-bond donors (Lipinski definition) is 4. The lowest BCUT2D eigenvalue weighted by atomic mass is 10.1. The highest BCUT2D eigenvalue weighted by molar-refractivity contribution is 5.94. The van der Waals surface area contributed by atoms with E-state index in [-0.39, 0.29) is 18.5 Å². The molecule has 0 spiro atoms. The first-order valence-electron chi connectivity index (χ1n) is 7.07. The zero-order valence-electron chi connectivity index (χ0n) is 12.6.